The molecule has 0 rings (SSSR count). The van der Waals surface area contributed by atoms with Gasteiger partial charge in [-0.05, 0) is 12.8 Å². The molecule has 0 aromatic rings. The summed E-state index contributed by atoms with van der Waals surface area (Å²) in [4.78, 5) is 26.8. The molecule has 0 aromatic heterocycles. The van der Waals surface area contributed by atoms with Gasteiger partial charge in [0.2, 0.25) is 0 Å². The van der Waals surface area contributed by atoms with Crippen molar-refractivity contribution in [1.82, 2.24) is 0 Å². The molecule has 0 saturated heterocycles. The van der Waals surface area contributed by atoms with Crippen molar-refractivity contribution in [1.29, 1.82) is 0 Å². The molecule has 72 valence electrons. The van der Waals surface area contributed by atoms with Gasteiger partial charge in [-0.3, -0.25) is 4.57 Å². The SMILES string of the molecule is NC(CCCP(=O)(O)O)C(=O)[O-].[Na+]. The van der Waals surface area contributed by atoms with E-state index in [1.807, 2.05) is 0 Å². The summed E-state index contributed by atoms with van der Waals surface area (Å²) >= 11 is 0. The summed E-state index contributed by atoms with van der Waals surface area (Å²) in [6.45, 7) is 0. The van der Waals surface area contributed by atoms with Gasteiger partial charge in [0, 0.05) is 12.2 Å². The molecule has 1 atom stereocenters. The zero-order valence-corrected chi connectivity index (χ0v) is 10.2. The molecule has 4 N–H and O–H groups in total. The van der Waals surface area contributed by atoms with Crippen molar-refractivity contribution in [2.24, 2.45) is 5.73 Å². The van der Waals surface area contributed by atoms with Gasteiger partial charge in [0.1, 0.15) is 0 Å². The Morgan fingerprint density at radius 2 is 2.00 bits per heavy atom. The van der Waals surface area contributed by atoms with Crippen LogP contribution < -0.4 is 40.4 Å². The molecule has 0 spiro atoms. The van der Waals surface area contributed by atoms with Gasteiger partial charge in [-0.2, -0.15) is 0 Å². The van der Waals surface area contributed by atoms with Crippen LogP contribution in [0.3, 0.4) is 0 Å². The van der Waals surface area contributed by atoms with Crippen LogP contribution in [0.2, 0.25) is 0 Å². The summed E-state index contributed by atoms with van der Waals surface area (Å²) in [5, 5.41) is 10.0. The molecular formula is C5H11NNaO5P. The molecular weight excluding hydrogens is 208 g/mol. The van der Waals surface area contributed by atoms with Crippen LogP contribution in [-0.4, -0.2) is 28.0 Å². The Kier molecular flexibility index (Phi) is 8.57. The number of carbonyl (C=O) groups excluding carboxylic acids is 1. The van der Waals surface area contributed by atoms with E-state index in [0.29, 0.717) is 0 Å². The van der Waals surface area contributed by atoms with Crippen LogP contribution in [0.15, 0.2) is 0 Å². The Labute approximate surface area is 98.0 Å². The largest absolute Gasteiger partial charge is 1.00 e. The van der Waals surface area contributed by atoms with Crippen molar-refractivity contribution < 1.29 is 53.8 Å². The fourth-order valence-electron chi connectivity index (χ4n) is 0.635. The van der Waals surface area contributed by atoms with Gasteiger partial charge in [-0.25, -0.2) is 0 Å². The summed E-state index contributed by atoms with van der Waals surface area (Å²) < 4.78 is 10.3. The van der Waals surface area contributed by atoms with E-state index < -0.39 is 19.6 Å². The normalized spacial score (nSPS) is 13.2. The summed E-state index contributed by atoms with van der Waals surface area (Å²) in [5.41, 5.74) is 5.03. The first-order chi connectivity index (χ1) is 5.33. The molecule has 0 saturated carbocycles. The molecule has 0 fully saturated rings. The minimum absolute atomic E-state index is 0. The van der Waals surface area contributed by atoms with Crippen LogP contribution in [0.5, 0.6) is 0 Å². The molecule has 0 aromatic carbocycles. The number of carbonyl (C=O) groups is 1. The van der Waals surface area contributed by atoms with Crippen molar-refractivity contribution >= 4 is 13.6 Å². The molecule has 0 aliphatic rings. The van der Waals surface area contributed by atoms with E-state index in [-0.39, 0.29) is 48.6 Å². The maximum atomic E-state index is 10.3. The topological polar surface area (TPSA) is 124 Å². The monoisotopic (exact) mass is 219 g/mol. The predicted octanol–water partition coefficient (Wildman–Crippen LogP) is -4.97. The van der Waals surface area contributed by atoms with Crippen LogP contribution in [-0.2, 0) is 9.36 Å². The standard InChI is InChI=1S/C5H12NO5P.Na/c6-4(5(7)8)2-1-3-12(9,10)11;/h4H,1-3,6H2,(H,7,8)(H2,9,10,11);/q;+1/p-1. The average molecular weight is 219 g/mol. The maximum absolute atomic E-state index is 10.3. The third-order valence-electron chi connectivity index (χ3n) is 1.27. The van der Waals surface area contributed by atoms with Gasteiger partial charge in [-0.15, -0.1) is 0 Å². The van der Waals surface area contributed by atoms with Crippen molar-refractivity contribution in [2.75, 3.05) is 6.16 Å². The molecule has 0 radical (unpaired) electrons. The van der Waals surface area contributed by atoms with Crippen LogP contribution in [0.1, 0.15) is 12.8 Å². The van der Waals surface area contributed by atoms with Gasteiger partial charge < -0.3 is 25.4 Å². The molecule has 13 heavy (non-hydrogen) atoms. The summed E-state index contributed by atoms with van der Waals surface area (Å²) in [6, 6.07) is -1.14. The molecule has 1 unspecified atom stereocenters. The summed E-state index contributed by atoms with van der Waals surface area (Å²) in [6.07, 6.45) is -0.235. The number of aliphatic carboxylic acids is 1. The summed E-state index contributed by atoms with van der Waals surface area (Å²) in [7, 11) is -4.02. The number of hydrogen-bond donors (Lipinski definition) is 3. The third-order valence-corrected chi connectivity index (χ3v) is 2.17. The van der Waals surface area contributed by atoms with Crippen LogP contribution >= 0.6 is 7.60 Å². The minimum Gasteiger partial charge on any atom is -0.548 e. The number of hydrogen-bond acceptors (Lipinski definition) is 4. The van der Waals surface area contributed by atoms with Crippen LogP contribution in [0.4, 0.5) is 0 Å². The molecule has 6 nitrogen and oxygen atoms in total. The second-order valence-corrected chi connectivity index (χ2v) is 4.23. The average Bonchev–Trinajstić information content (AvgIpc) is 1.84. The zero-order valence-electron chi connectivity index (χ0n) is 7.34. The quantitative estimate of drug-likeness (QED) is 0.314. The first-order valence-electron chi connectivity index (χ1n) is 3.34. The Morgan fingerprint density at radius 3 is 2.31 bits per heavy atom. The van der Waals surface area contributed by atoms with Crippen LogP contribution in [0, 0.1) is 0 Å². The van der Waals surface area contributed by atoms with Crippen molar-refractivity contribution in [2.45, 2.75) is 18.9 Å². The van der Waals surface area contributed by atoms with Gasteiger partial charge in [0.25, 0.3) is 0 Å². The fourth-order valence-corrected chi connectivity index (χ4v) is 1.23. The van der Waals surface area contributed by atoms with E-state index >= 15 is 0 Å². The smallest absolute Gasteiger partial charge is 0.548 e. The van der Waals surface area contributed by atoms with E-state index in [1.54, 1.807) is 0 Å². The van der Waals surface area contributed by atoms with Crippen molar-refractivity contribution in [3.8, 4) is 0 Å². The fraction of sp³-hybridized carbons (Fsp3) is 0.800. The van der Waals surface area contributed by atoms with Crippen molar-refractivity contribution in [3.05, 3.63) is 0 Å². The van der Waals surface area contributed by atoms with E-state index in [1.165, 1.54) is 0 Å². The first kappa shape index (κ1) is 16.0. The number of nitrogens with two attached hydrogens (primary N) is 1. The van der Waals surface area contributed by atoms with Crippen LogP contribution in [0.25, 0.3) is 0 Å². The van der Waals surface area contributed by atoms with Gasteiger partial charge in [0.05, 0.1) is 5.97 Å². The molecule has 0 aliphatic heterocycles. The summed E-state index contributed by atoms with van der Waals surface area (Å²) in [5.74, 6) is -1.40. The van der Waals surface area contributed by atoms with Crippen molar-refractivity contribution in [3.63, 3.8) is 0 Å². The minimum atomic E-state index is -4.02. The Morgan fingerprint density at radius 1 is 1.54 bits per heavy atom. The molecule has 0 amide bonds. The third kappa shape index (κ3) is 10.5. The second-order valence-electron chi connectivity index (χ2n) is 2.46. The Balaban J connectivity index is 0. The van der Waals surface area contributed by atoms with E-state index in [0.717, 1.165) is 0 Å². The molecule has 8 heteroatoms. The van der Waals surface area contributed by atoms with E-state index in [2.05, 4.69) is 0 Å². The maximum Gasteiger partial charge on any atom is 1.00 e. The van der Waals surface area contributed by atoms with Gasteiger partial charge >= 0.3 is 37.2 Å². The Hall–Kier alpha value is 0.580. The molecule has 0 bridgehead atoms. The van der Waals surface area contributed by atoms with Gasteiger partial charge in [-0.1, -0.05) is 0 Å². The first-order valence-corrected chi connectivity index (χ1v) is 5.13. The van der Waals surface area contributed by atoms with E-state index in [4.69, 9.17) is 15.5 Å². The molecule has 0 aliphatic carbocycles. The number of carboxylic acid groups (broad SMARTS) is 1. The zero-order chi connectivity index (χ0) is 9.78. The predicted molar refractivity (Wildman–Crippen MR) is 39.1 cm³/mol. The van der Waals surface area contributed by atoms with E-state index in [9.17, 15) is 14.5 Å². The second kappa shape index (κ2) is 6.95. The molecule has 0 heterocycles. The van der Waals surface area contributed by atoms with Gasteiger partial charge in [0.15, 0.2) is 0 Å². The Bertz CT molecular complexity index is 205. The number of rotatable bonds is 5. The number of carboxylic acids is 1.